The second-order valence-corrected chi connectivity index (χ2v) is 8.62. The van der Waals surface area contributed by atoms with E-state index in [4.69, 9.17) is 21.1 Å². The number of carbonyl (C=O) groups is 2. The van der Waals surface area contributed by atoms with Crippen LogP contribution in [0.1, 0.15) is 33.8 Å². The summed E-state index contributed by atoms with van der Waals surface area (Å²) in [7, 11) is 0. The minimum atomic E-state index is -0.521. The van der Waals surface area contributed by atoms with Crippen LogP contribution in [-0.4, -0.2) is 47.5 Å². The number of nitrogens with one attached hydrogen (secondary N) is 1. The van der Waals surface area contributed by atoms with Crippen LogP contribution in [0.2, 0.25) is 5.02 Å². The maximum absolute atomic E-state index is 12.4. The van der Waals surface area contributed by atoms with Gasteiger partial charge in [0, 0.05) is 23.6 Å². The van der Waals surface area contributed by atoms with Gasteiger partial charge in [-0.2, -0.15) is 5.10 Å². The fourth-order valence-corrected chi connectivity index (χ4v) is 4.64. The Morgan fingerprint density at radius 1 is 1.40 bits per heavy atom. The summed E-state index contributed by atoms with van der Waals surface area (Å²) in [5, 5.41) is 8.86. The third kappa shape index (κ3) is 4.66. The number of hydrogen-bond donors (Lipinski definition) is 1. The molecule has 0 saturated carbocycles. The molecule has 1 fully saturated rings. The van der Waals surface area contributed by atoms with E-state index in [-0.39, 0.29) is 18.6 Å². The van der Waals surface area contributed by atoms with E-state index in [2.05, 4.69) is 10.4 Å². The zero-order chi connectivity index (χ0) is 21.1. The van der Waals surface area contributed by atoms with Crippen molar-refractivity contribution in [1.29, 1.82) is 0 Å². The second kappa shape index (κ2) is 9.16. The molecule has 4 rings (SSSR count). The van der Waals surface area contributed by atoms with Gasteiger partial charge in [-0.25, -0.2) is 4.79 Å². The molecule has 1 aliphatic rings. The molecule has 7 nitrogen and oxygen atoms in total. The largest absolute Gasteiger partial charge is 0.451 e. The van der Waals surface area contributed by atoms with Gasteiger partial charge in [0.25, 0.3) is 5.91 Å². The third-order valence-corrected chi connectivity index (χ3v) is 6.47. The highest BCUT2D eigenvalue weighted by Gasteiger charge is 2.20. The standard InChI is InChI=1S/C21H22ClN3O4S/c1-13-16-9-18(21(27)29-12-19(26)23-10-15-6-4-8-28-15)30-20(16)25(24-13)11-14-5-2-3-7-17(14)22/h2-3,5,7,9,15H,4,6,8,10-12H2,1H3,(H,23,26)/t15-/m1/s1. The average molecular weight is 448 g/mol. The first-order valence-electron chi connectivity index (χ1n) is 9.77. The van der Waals surface area contributed by atoms with Gasteiger partial charge in [-0.1, -0.05) is 29.8 Å². The molecular formula is C21H22ClN3O4S. The maximum Gasteiger partial charge on any atom is 0.348 e. The van der Waals surface area contributed by atoms with Crippen LogP contribution in [0.25, 0.3) is 10.2 Å². The minimum Gasteiger partial charge on any atom is -0.451 e. The molecule has 1 aliphatic heterocycles. The van der Waals surface area contributed by atoms with Crippen molar-refractivity contribution in [1.82, 2.24) is 15.1 Å². The van der Waals surface area contributed by atoms with Crippen molar-refractivity contribution in [3.8, 4) is 0 Å². The van der Waals surface area contributed by atoms with E-state index >= 15 is 0 Å². The summed E-state index contributed by atoms with van der Waals surface area (Å²) in [5.41, 5.74) is 1.77. The number of benzene rings is 1. The monoisotopic (exact) mass is 447 g/mol. The zero-order valence-corrected chi connectivity index (χ0v) is 18.1. The van der Waals surface area contributed by atoms with Crippen LogP contribution in [0.15, 0.2) is 30.3 Å². The van der Waals surface area contributed by atoms with E-state index in [0.29, 0.717) is 23.0 Å². The van der Waals surface area contributed by atoms with Gasteiger partial charge >= 0.3 is 5.97 Å². The van der Waals surface area contributed by atoms with Crippen molar-refractivity contribution < 1.29 is 19.1 Å². The topological polar surface area (TPSA) is 82.5 Å². The fraction of sp³-hybridized carbons (Fsp3) is 0.381. The lowest BCUT2D eigenvalue weighted by Gasteiger charge is -2.10. The molecule has 9 heteroatoms. The number of thiophene rings is 1. The van der Waals surface area contributed by atoms with Crippen LogP contribution >= 0.6 is 22.9 Å². The molecule has 1 saturated heterocycles. The molecule has 1 aromatic carbocycles. The molecule has 0 bridgehead atoms. The van der Waals surface area contributed by atoms with Gasteiger partial charge in [-0.15, -0.1) is 11.3 Å². The average Bonchev–Trinajstić information content (AvgIpc) is 3.46. The zero-order valence-electron chi connectivity index (χ0n) is 16.5. The van der Waals surface area contributed by atoms with Crippen LogP contribution in [0, 0.1) is 6.92 Å². The van der Waals surface area contributed by atoms with Crippen LogP contribution in [0.3, 0.4) is 0 Å². The highest BCUT2D eigenvalue weighted by Crippen LogP contribution is 2.30. The van der Waals surface area contributed by atoms with Crippen LogP contribution in [0.4, 0.5) is 0 Å². The summed E-state index contributed by atoms with van der Waals surface area (Å²) >= 11 is 7.56. The van der Waals surface area contributed by atoms with E-state index in [0.717, 1.165) is 40.9 Å². The van der Waals surface area contributed by atoms with Crippen molar-refractivity contribution in [3.63, 3.8) is 0 Å². The number of aromatic nitrogens is 2. The first-order valence-corrected chi connectivity index (χ1v) is 11.0. The minimum absolute atomic E-state index is 0.0521. The summed E-state index contributed by atoms with van der Waals surface area (Å²) < 4.78 is 12.5. The Hall–Kier alpha value is -2.42. The molecule has 30 heavy (non-hydrogen) atoms. The predicted octanol–water partition coefficient (Wildman–Crippen LogP) is 3.56. The van der Waals surface area contributed by atoms with Crippen molar-refractivity contribution in [2.24, 2.45) is 0 Å². The first-order chi connectivity index (χ1) is 14.5. The number of halogens is 1. The highest BCUT2D eigenvalue weighted by atomic mass is 35.5. The van der Waals surface area contributed by atoms with Crippen molar-refractivity contribution >= 4 is 45.0 Å². The molecule has 3 aromatic rings. The van der Waals surface area contributed by atoms with Crippen molar-refractivity contribution in [2.75, 3.05) is 19.8 Å². The van der Waals surface area contributed by atoms with Gasteiger partial charge in [-0.05, 0) is 37.5 Å². The Morgan fingerprint density at radius 3 is 3.00 bits per heavy atom. The summed E-state index contributed by atoms with van der Waals surface area (Å²) in [4.78, 5) is 25.7. The van der Waals surface area contributed by atoms with Gasteiger partial charge in [0.05, 0.1) is 18.3 Å². The predicted molar refractivity (Wildman–Crippen MR) is 115 cm³/mol. The Labute approximate surface area is 182 Å². The third-order valence-electron chi connectivity index (χ3n) is 4.97. The maximum atomic E-state index is 12.4. The summed E-state index contributed by atoms with van der Waals surface area (Å²) in [6.07, 6.45) is 2.00. The Balaban J connectivity index is 1.39. The molecular weight excluding hydrogens is 426 g/mol. The summed E-state index contributed by atoms with van der Waals surface area (Å²) in [6.45, 7) is 3.26. The summed E-state index contributed by atoms with van der Waals surface area (Å²) in [5.74, 6) is -0.854. The lowest BCUT2D eigenvalue weighted by molar-refractivity contribution is -0.124. The first kappa shape index (κ1) is 20.8. The van der Waals surface area contributed by atoms with E-state index < -0.39 is 5.97 Å². The number of amides is 1. The van der Waals surface area contributed by atoms with E-state index in [1.54, 1.807) is 6.07 Å². The van der Waals surface area contributed by atoms with E-state index in [1.165, 1.54) is 11.3 Å². The molecule has 1 N–H and O–H groups in total. The number of rotatable bonds is 7. The quantitative estimate of drug-likeness (QED) is 0.560. The highest BCUT2D eigenvalue weighted by molar-refractivity contribution is 7.20. The molecule has 158 valence electrons. The summed E-state index contributed by atoms with van der Waals surface area (Å²) in [6, 6.07) is 9.36. The molecule has 1 atom stereocenters. The van der Waals surface area contributed by atoms with Gasteiger partial charge in [0.2, 0.25) is 0 Å². The normalized spacial score (nSPS) is 16.1. The molecule has 0 unspecified atom stereocenters. The number of aryl methyl sites for hydroxylation is 1. The Bertz CT molecular complexity index is 1070. The van der Waals surface area contributed by atoms with Gasteiger partial charge < -0.3 is 14.8 Å². The Kier molecular flexibility index (Phi) is 6.36. The van der Waals surface area contributed by atoms with Crippen molar-refractivity contribution in [2.45, 2.75) is 32.4 Å². The lowest BCUT2D eigenvalue weighted by atomic mass is 10.2. The Morgan fingerprint density at radius 2 is 2.23 bits per heavy atom. The number of nitrogens with zero attached hydrogens (tertiary/aromatic N) is 2. The smallest absolute Gasteiger partial charge is 0.348 e. The second-order valence-electron chi connectivity index (χ2n) is 7.18. The molecule has 0 radical (unpaired) electrons. The number of ether oxygens (including phenoxy) is 2. The fourth-order valence-electron chi connectivity index (χ4n) is 3.39. The number of fused-ring (bicyclic) bond motifs is 1. The molecule has 0 aliphatic carbocycles. The van der Waals surface area contributed by atoms with E-state index in [9.17, 15) is 9.59 Å². The number of esters is 1. The molecule has 1 amide bonds. The molecule has 2 aromatic heterocycles. The van der Waals surface area contributed by atoms with Gasteiger partial charge in [-0.3, -0.25) is 9.48 Å². The van der Waals surface area contributed by atoms with Crippen LogP contribution < -0.4 is 5.32 Å². The van der Waals surface area contributed by atoms with Crippen LogP contribution in [-0.2, 0) is 20.8 Å². The number of carbonyl (C=O) groups excluding carboxylic acids is 2. The lowest BCUT2D eigenvalue weighted by Crippen LogP contribution is -2.34. The number of hydrogen-bond acceptors (Lipinski definition) is 6. The van der Waals surface area contributed by atoms with Gasteiger partial charge in [0.1, 0.15) is 9.71 Å². The van der Waals surface area contributed by atoms with E-state index in [1.807, 2.05) is 35.9 Å². The van der Waals surface area contributed by atoms with Crippen LogP contribution in [0.5, 0.6) is 0 Å². The molecule has 3 heterocycles. The molecule has 0 spiro atoms. The van der Waals surface area contributed by atoms with Crippen molar-refractivity contribution in [3.05, 3.63) is 51.5 Å². The van der Waals surface area contributed by atoms with Gasteiger partial charge in [0.15, 0.2) is 6.61 Å². The SMILES string of the molecule is Cc1nn(Cc2ccccc2Cl)c2sc(C(=O)OCC(=O)NC[C@H]3CCCO3)cc12.